The summed E-state index contributed by atoms with van der Waals surface area (Å²) in [5, 5.41) is 8.35. The predicted molar refractivity (Wildman–Crippen MR) is 118 cm³/mol. The normalized spacial score (nSPS) is 17.9. The van der Waals surface area contributed by atoms with Gasteiger partial charge in [-0.05, 0) is 54.5 Å². The highest BCUT2D eigenvalue weighted by Crippen LogP contribution is 2.32. The average Bonchev–Trinajstić information content (AvgIpc) is 3.41. The summed E-state index contributed by atoms with van der Waals surface area (Å²) < 4.78 is 34.1. The summed E-state index contributed by atoms with van der Waals surface area (Å²) in [6.07, 6.45) is 4.61. The Hall–Kier alpha value is -3.85. The number of benzene rings is 2. The number of nitrogens with zero attached hydrogens (tertiary/aromatic N) is 4. The van der Waals surface area contributed by atoms with Gasteiger partial charge in [-0.1, -0.05) is 35.8 Å². The second-order valence-electron chi connectivity index (χ2n) is 7.59. The van der Waals surface area contributed by atoms with Crippen molar-refractivity contribution in [1.82, 2.24) is 24.9 Å². The molecular weight excluding hydrogens is 452 g/mol. The van der Waals surface area contributed by atoms with Crippen molar-refractivity contribution in [2.45, 2.75) is 12.8 Å². The minimum absolute atomic E-state index is 0.0192. The van der Waals surface area contributed by atoms with Crippen LogP contribution in [0, 0.1) is 11.7 Å². The summed E-state index contributed by atoms with van der Waals surface area (Å²) in [5.41, 5.74) is 0.553. The van der Waals surface area contributed by atoms with Gasteiger partial charge in [-0.15, -0.1) is 5.10 Å². The van der Waals surface area contributed by atoms with Gasteiger partial charge in [0.2, 0.25) is 0 Å². The van der Waals surface area contributed by atoms with Crippen LogP contribution in [0.25, 0.3) is 28.5 Å². The van der Waals surface area contributed by atoms with Crippen LogP contribution in [0.2, 0.25) is 5.02 Å². The van der Waals surface area contributed by atoms with Gasteiger partial charge in [0.1, 0.15) is 11.6 Å². The molecule has 1 aliphatic carbocycles. The van der Waals surface area contributed by atoms with Crippen LogP contribution in [0.15, 0.2) is 75.8 Å². The Morgan fingerprint density at radius 1 is 1.15 bits per heavy atom. The summed E-state index contributed by atoms with van der Waals surface area (Å²) in [6.45, 7) is 1.88. The fourth-order valence-corrected chi connectivity index (χ4v) is 3.92. The maximum atomic E-state index is 14.2. The number of rotatable bonds is 4. The molecule has 10 heteroatoms. The molecule has 0 aliphatic heterocycles. The molecule has 2 heterocycles. The Morgan fingerprint density at radius 2 is 1.94 bits per heavy atom. The van der Waals surface area contributed by atoms with Gasteiger partial charge in [0.15, 0.2) is 11.6 Å². The molecule has 0 spiro atoms. The molecule has 0 amide bonds. The molecule has 4 aromatic rings. The third kappa shape index (κ3) is 3.91. The van der Waals surface area contributed by atoms with E-state index >= 15 is 0 Å². The van der Waals surface area contributed by atoms with Gasteiger partial charge in [-0.25, -0.2) is 13.6 Å². The zero-order valence-electron chi connectivity index (χ0n) is 17.2. The van der Waals surface area contributed by atoms with E-state index in [-0.39, 0.29) is 34.1 Å². The summed E-state index contributed by atoms with van der Waals surface area (Å²) >= 11 is 6.07. The molecule has 2 atom stereocenters. The number of aromatic nitrogens is 5. The molecule has 0 saturated heterocycles. The topological polar surface area (TPSA) is 89.6 Å². The number of allylic oxidation sites excluding steroid dienone is 4. The van der Waals surface area contributed by atoms with Gasteiger partial charge >= 0.3 is 5.69 Å². The second kappa shape index (κ2) is 8.25. The standard InChI is InChI=1S/C23H16ClF2N5O2/c1-12-11-14(25)7-10-16(12)20-27-22(33-30-20)13-5-8-15(9-6-13)31-23(32)28-21(29-31)19-17(24)3-2-4-18(19)26/h2-12,16H,1H3,(H,28,29,32). The lowest BCUT2D eigenvalue weighted by Crippen LogP contribution is -2.15. The highest BCUT2D eigenvalue weighted by atomic mass is 35.5. The summed E-state index contributed by atoms with van der Waals surface area (Å²) in [6, 6.07) is 10.9. The van der Waals surface area contributed by atoms with Crippen molar-refractivity contribution in [3.63, 3.8) is 0 Å². The van der Waals surface area contributed by atoms with Crippen LogP contribution >= 0.6 is 11.6 Å². The number of hydrogen-bond acceptors (Lipinski definition) is 5. The van der Waals surface area contributed by atoms with E-state index in [1.165, 1.54) is 30.4 Å². The van der Waals surface area contributed by atoms with Gasteiger partial charge in [0, 0.05) is 11.5 Å². The molecule has 2 aromatic heterocycles. The molecule has 0 radical (unpaired) electrons. The molecule has 2 unspecified atom stereocenters. The van der Waals surface area contributed by atoms with Crippen molar-refractivity contribution < 1.29 is 13.3 Å². The van der Waals surface area contributed by atoms with E-state index in [1.807, 2.05) is 6.92 Å². The number of halogens is 3. The molecule has 2 aromatic carbocycles. The van der Waals surface area contributed by atoms with Crippen molar-refractivity contribution >= 4 is 11.6 Å². The number of hydrogen-bond donors (Lipinski definition) is 1. The zero-order valence-corrected chi connectivity index (χ0v) is 17.9. The Kier molecular flexibility index (Phi) is 5.26. The van der Waals surface area contributed by atoms with Crippen LogP contribution in [0.1, 0.15) is 18.7 Å². The molecule has 0 fully saturated rings. The predicted octanol–water partition coefficient (Wildman–Crippen LogP) is 5.21. The van der Waals surface area contributed by atoms with E-state index in [0.29, 0.717) is 23.0 Å². The summed E-state index contributed by atoms with van der Waals surface area (Å²) in [5.74, 6) is -0.400. The Bertz CT molecular complexity index is 1430. The fourth-order valence-electron chi connectivity index (χ4n) is 3.67. The van der Waals surface area contributed by atoms with E-state index in [9.17, 15) is 13.6 Å². The first-order valence-electron chi connectivity index (χ1n) is 10.0. The highest BCUT2D eigenvalue weighted by Gasteiger charge is 2.24. The number of aromatic amines is 1. The largest absolute Gasteiger partial charge is 0.348 e. The smallest absolute Gasteiger partial charge is 0.334 e. The third-order valence-corrected chi connectivity index (χ3v) is 5.68. The number of nitrogens with one attached hydrogen (secondary N) is 1. The fraction of sp³-hybridized carbons (Fsp3) is 0.130. The lowest BCUT2D eigenvalue weighted by Gasteiger charge is -2.16. The first-order chi connectivity index (χ1) is 15.9. The van der Waals surface area contributed by atoms with Crippen LogP contribution in [0.3, 0.4) is 0 Å². The van der Waals surface area contributed by atoms with E-state index < -0.39 is 11.5 Å². The second-order valence-corrected chi connectivity index (χ2v) is 7.99. The van der Waals surface area contributed by atoms with E-state index in [4.69, 9.17) is 16.1 Å². The van der Waals surface area contributed by atoms with Gasteiger partial charge in [0.05, 0.1) is 16.3 Å². The van der Waals surface area contributed by atoms with Crippen LogP contribution < -0.4 is 5.69 Å². The van der Waals surface area contributed by atoms with Crippen LogP contribution in [0.4, 0.5) is 8.78 Å². The van der Waals surface area contributed by atoms with Crippen molar-refractivity contribution in [1.29, 1.82) is 0 Å². The molecule has 0 saturated carbocycles. The van der Waals surface area contributed by atoms with E-state index in [0.717, 1.165) is 4.68 Å². The Balaban J connectivity index is 1.41. The monoisotopic (exact) mass is 467 g/mol. The van der Waals surface area contributed by atoms with Crippen LogP contribution in [0.5, 0.6) is 0 Å². The molecule has 166 valence electrons. The summed E-state index contributed by atoms with van der Waals surface area (Å²) in [7, 11) is 0. The van der Waals surface area contributed by atoms with Crippen molar-refractivity contribution in [2.75, 3.05) is 0 Å². The number of H-pyrrole nitrogens is 1. The first kappa shape index (κ1) is 21.0. The molecule has 7 nitrogen and oxygen atoms in total. The Morgan fingerprint density at radius 3 is 2.67 bits per heavy atom. The minimum Gasteiger partial charge on any atom is -0.334 e. The molecule has 1 aliphatic rings. The molecule has 0 bridgehead atoms. The van der Waals surface area contributed by atoms with Gasteiger partial charge in [0.25, 0.3) is 5.89 Å². The first-order valence-corrected chi connectivity index (χ1v) is 10.4. The van der Waals surface area contributed by atoms with Crippen molar-refractivity contribution in [3.8, 4) is 28.5 Å². The molecular formula is C23H16ClF2N5O2. The van der Waals surface area contributed by atoms with Crippen LogP contribution in [-0.2, 0) is 0 Å². The lowest BCUT2D eigenvalue weighted by atomic mass is 9.89. The molecule has 1 N–H and O–H groups in total. The highest BCUT2D eigenvalue weighted by molar-refractivity contribution is 6.33. The summed E-state index contributed by atoms with van der Waals surface area (Å²) in [4.78, 5) is 19.4. The third-order valence-electron chi connectivity index (χ3n) is 5.37. The average molecular weight is 468 g/mol. The molecule has 5 rings (SSSR count). The SMILES string of the molecule is CC1C=C(F)C=CC1c1noc(-c2ccc(-n3nc(-c4c(F)cccc4Cl)[nH]c3=O)cc2)n1. The van der Waals surface area contributed by atoms with Gasteiger partial charge in [-0.2, -0.15) is 9.67 Å². The van der Waals surface area contributed by atoms with Gasteiger partial charge < -0.3 is 4.52 Å². The minimum atomic E-state index is -0.591. The van der Waals surface area contributed by atoms with E-state index in [2.05, 4.69) is 20.2 Å². The molecule has 33 heavy (non-hydrogen) atoms. The quantitative estimate of drug-likeness (QED) is 0.445. The lowest BCUT2D eigenvalue weighted by molar-refractivity contribution is 0.413. The van der Waals surface area contributed by atoms with Crippen molar-refractivity contribution in [2.24, 2.45) is 5.92 Å². The maximum absolute atomic E-state index is 14.2. The van der Waals surface area contributed by atoms with Crippen LogP contribution in [-0.4, -0.2) is 24.9 Å². The Labute approximate surface area is 191 Å². The van der Waals surface area contributed by atoms with E-state index in [1.54, 1.807) is 30.3 Å². The zero-order chi connectivity index (χ0) is 23.1. The van der Waals surface area contributed by atoms with Gasteiger partial charge in [-0.3, -0.25) is 4.98 Å². The maximum Gasteiger partial charge on any atom is 0.348 e. The van der Waals surface area contributed by atoms with Crippen molar-refractivity contribution in [3.05, 3.63) is 93.7 Å².